The van der Waals surface area contributed by atoms with Crippen LogP contribution in [0.3, 0.4) is 0 Å². The van der Waals surface area contributed by atoms with E-state index in [1.165, 1.54) is 0 Å². The largest absolute Gasteiger partial charge is 0.550 e. The summed E-state index contributed by atoms with van der Waals surface area (Å²) in [4.78, 5) is 10.2. The van der Waals surface area contributed by atoms with Gasteiger partial charge in [-0.05, 0) is 22.4 Å². The van der Waals surface area contributed by atoms with Crippen molar-refractivity contribution in [3.05, 3.63) is 22.4 Å². The fourth-order valence-electron chi connectivity index (χ4n) is 1.05. The molecule has 0 aliphatic rings. The minimum absolute atomic E-state index is 0.0375. The average Bonchev–Trinajstić information content (AvgIpc) is 2.37. The molecular weight excluding hydrogens is 174 g/mol. The Kier molecular flexibility index (Phi) is 3.25. The van der Waals surface area contributed by atoms with E-state index < -0.39 is 5.97 Å². The molecule has 0 saturated heterocycles. The van der Waals surface area contributed by atoms with E-state index in [-0.39, 0.29) is 12.5 Å². The van der Waals surface area contributed by atoms with Gasteiger partial charge in [0.05, 0.1) is 6.04 Å². The second-order valence-electron chi connectivity index (χ2n) is 2.78. The molecule has 0 saturated carbocycles. The van der Waals surface area contributed by atoms with E-state index in [2.05, 4.69) is 5.73 Å². The number of hydrogen-bond acceptors (Lipinski definition) is 3. The number of carbonyl (C=O) groups is 1. The Morgan fingerprint density at radius 3 is 3.00 bits per heavy atom. The monoisotopic (exact) mass is 185 g/mol. The highest BCUT2D eigenvalue weighted by Gasteiger charge is 2.07. The SMILES string of the molecule is [NH3+][C@@H](CC(=O)[O-])Cc1ccsc1. The second-order valence-corrected chi connectivity index (χ2v) is 3.56. The van der Waals surface area contributed by atoms with Gasteiger partial charge in [-0.25, -0.2) is 0 Å². The Balaban J connectivity index is 2.36. The normalized spacial score (nSPS) is 12.8. The number of carboxylic acid groups (broad SMARTS) is 1. The first-order valence-electron chi connectivity index (χ1n) is 3.72. The van der Waals surface area contributed by atoms with Gasteiger partial charge in [-0.1, -0.05) is 0 Å². The number of quaternary nitrogens is 1. The molecule has 1 heterocycles. The highest BCUT2D eigenvalue weighted by atomic mass is 32.1. The van der Waals surface area contributed by atoms with Crippen LogP contribution in [0.25, 0.3) is 0 Å². The molecule has 1 atom stereocenters. The van der Waals surface area contributed by atoms with Gasteiger partial charge in [-0.15, -0.1) is 0 Å². The Hall–Kier alpha value is -0.870. The molecule has 0 bridgehead atoms. The lowest BCUT2D eigenvalue weighted by Gasteiger charge is -2.07. The number of thiophene rings is 1. The fourth-order valence-corrected chi connectivity index (χ4v) is 1.73. The maximum atomic E-state index is 10.2. The van der Waals surface area contributed by atoms with Crippen LogP contribution in [0, 0.1) is 0 Å². The summed E-state index contributed by atoms with van der Waals surface area (Å²) in [6.45, 7) is 0. The van der Waals surface area contributed by atoms with Crippen molar-refractivity contribution in [2.45, 2.75) is 18.9 Å². The van der Waals surface area contributed by atoms with E-state index in [1.807, 2.05) is 16.8 Å². The van der Waals surface area contributed by atoms with Crippen LogP contribution >= 0.6 is 11.3 Å². The topological polar surface area (TPSA) is 67.8 Å². The number of rotatable bonds is 4. The van der Waals surface area contributed by atoms with Gasteiger partial charge in [-0.2, -0.15) is 11.3 Å². The number of aliphatic carboxylic acids is 1. The predicted molar refractivity (Wildman–Crippen MR) is 44.3 cm³/mol. The van der Waals surface area contributed by atoms with E-state index >= 15 is 0 Å². The molecule has 0 aromatic carbocycles. The molecule has 1 rings (SSSR count). The van der Waals surface area contributed by atoms with E-state index in [9.17, 15) is 9.90 Å². The van der Waals surface area contributed by atoms with Crippen LogP contribution < -0.4 is 10.8 Å². The lowest BCUT2D eigenvalue weighted by atomic mass is 10.1. The minimum atomic E-state index is -1.02. The third kappa shape index (κ3) is 3.02. The molecule has 4 heteroatoms. The minimum Gasteiger partial charge on any atom is -0.550 e. The quantitative estimate of drug-likeness (QED) is 0.656. The molecule has 12 heavy (non-hydrogen) atoms. The summed E-state index contributed by atoms with van der Waals surface area (Å²) in [7, 11) is 0. The van der Waals surface area contributed by atoms with Crippen LogP contribution in [-0.2, 0) is 11.2 Å². The van der Waals surface area contributed by atoms with Gasteiger partial charge in [0.25, 0.3) is 0 Å². The first kappa shape index (κ1) is 9.22. The van der Waals surface area contributed by atoms with Crippen molar-refractivity contribution in [2.75, 3.05) is 0 Å². The molecule has 0 aliphatic heterocycles. The molecule has 3 nitrogen and oxygen atoms in total. The lowest BCUT2D eigenvalue weighted by molar-refractivity contribution is -0.423. The number of hydrogen-bond donors (Lipinski definition) is 1. The Labute approximate surface area is 74.8 Å². The summed E-state index contributed by atoms with van der Waals surface area (Å²) < 4.78 is 0. The Morgan fingerprint density at radius 2 is 2.50 bits per heavy atom. The van der Waals surface area contributed by atoms with Gasteiger partial charge in [0, 0.05) is 18.8 Å². The van der Waals surface area contributed by atoms with Gasteiger partial charge in [0.1, 0.15) is 0 Å². The van der Waals surface area contributed by atoms with Crippen molar-refractivity contribution in [1.82, 2.24) is 0 Å². The van der Waals surface area contributed by atoms with Gasteiger partial charge >= 0.3 is 0 Å². The molecule has 0 spiro atoms. The van der Waals surface area contributed by atoms with Gasteiger partial charge in [0.15, 0.2) is 0 Å². The van der Waals surface area contributed by atoms with Crippen LogP contribution in [0.15, 0.2) is 16.8 Å². The van der Waals surface area contributed by atoms with Crippen LogP contribution in [0.5, 0.6) is 0 Å². The standard InChI is InChI=1S/C8H11NO2S/c9-7(4-8(10)11)3-6-1-2-12-5-6/h1-2,5,7H,3-4,9H2,(H,10,11)/t7-/m1/s1. The van der Waals surface area contributed by atoms with Crippen molar-refractivity contribution >= 4 is 17.3 Å². The highest BCUT2D eigenvalue weighted by molar-refractivity contribution is 7.07. The zero-order valence-electron chi connectivity index (χ0n) is 6.66. The molecule has 0 unspecified atom stereocenters. The second kappa shape index (κ2) is 4.23. The summed E-state index contributed by atoms with van der Waals surface area (Å²) in [5.74, 6) is -1.02. The van der Waals surface area contributed by atoms with Crippen LogP contribution in [0.1, 0.15) is 12.0 Å². The Morgan fingerprint density at radius 1 is 1.75 bits per heavy atom. The smallest absolute Gasteiger partial charge is 0.0937 e. The zero-order chi connectivity index (χ0) is 8.97. The number of carbonyl (C=O) groups excluding carboxylic acids is 1. The summed E-state index contributed by atoms with van der Waals surface area (Å²) in [5.41, 5.74) is 4.89. The zero-order valence-corrected chi connectivity index (χ0v) is 7.47. The van der Waals surface area contributed by atoms with Gasteiger partial charge in [0.2, 0.25) is 0 Å². The summed E-state index contributed by atoms with van der Waals surface area (Å²) in [6.07, 6.45) is 0.757. The third-order valence-corrected chi connectivity index (χ3v) is 2.29. The van der Waals surface area contributed by atoms with Crippen molar-refractivity contribution in [3.8, 4) is 0 Å². The van der Waals surface area contributed by atoms with E-state index in [1.54, 1.807) is 11.3 Å². The molecule has 3 N–H and O–H groups in total. The van der Waals surface area contributed by atoms with Crippen molar-refractivity contribution in [2.24, 2.45) is 0 Å². The average molecular weight is 185 g/mol. The predicted octanol–water partition coefficient (Wildman–Crippen LogP) is -0.959. The summed E-state index contributed by atoms with van der Waals surface area (Å²) in [6, 6.07) is 1.91. The molecule has 1 aromatic heterocycles. The van der Waals surface area contributed by atoms with Gasteiger partial charge in [-0.3, -0.25) is 0 Å². The molecule has 0 amide bonds. The first-order valence-corrected chi connectivity index (χ1v) is 4.66. The van der Waals surface area contributed by atoms with Crippen molar-refractivity contribution < 1.29 is 15.6 Å². The molecule has 66 valence electrons. The summed E-state index contributed by atoms with van der Waals surface area (Å²) >= 11 is 1.61. The van der Waals surface area contributed by atoms with Crippen LogP contribution in [-0.4, -0.2) is 12.0 Å². The molecular formula is C8H11NO2S. The number of carboxylic acids is 1. The van der Waals surface area contributed by atoms with Crippen molar-refractivity contribution in [3.63, 3.8) is 0 Å². The van der Waals surface area contributed by atoms with Crippen LogP contribution in [0.4, 0.5) is 0 Å². The van der Waals surface area contributed by atoms with Crippen molar-refractivity contribution in [1.29, 1.82) is 0 Å². The van der Waals surface area contributed by atoms with E-state index in [4.69, 9.17) is 0 Å². The molecule has 1 aromatic rings. The third-order valence-electron chi connectivity index (χ3n) is 1.56. The lowest BCUT2D eigenvalue weighted by Crippen LogP contribution is -2.63. The molecule has 0 radical (unpaired) electrons. The van der Waals surface area contributed by atoms with E-state index in [0.29, 0.717) is 0 Å². The maximum Gasteiger partial charge on any atom is 0.0937 e. The van der Waals surface area contributed by atoms with Gasteiger partial charge < -0.3 is 15.6 Å². The summed E-state index contributed by atoms with van der Waals surface area (Å²) in [5, 5.41) is 14.2. The highest BCUT2D eigenvalue weighted by Crippen LogP contribution is 2.08. The Bertz CT molecular complexity index is 246. The fraction of sp³-hybridized carbons (Fsp3) is 0.375. The molecule has 0 fully saturated rings. The first-order chi connectivity index (χ1) is 5.68. The van der Waals surface area contributed by atoms with Crippen LogP contribution in [0.2, 0.25) is 0 Å². The van der Waals surface area contributed by atoms with E-state index in [0.717, 1.165) is 12.0 Å². The molecule has 0 aliphatic carbocycles. The maximum absolute atomic E-state index is 10.2.